The maximum atomic E-state index is 11.9. The van der Waals surface area contributed by atoms with Crippen LogP contribution >= 0.6 is 0 Å². The third-order valence-corrected chi connectivity index (χ3v) is 4.03. The summed E-state index contributed by atoms with van der Waals surface area (Å²) in [6.45, 7) is 2.79. The van der Waals surface area contributed by atoms with Gasteiger partial charge in [-0.15, -0.1) is 0 Å². The van der Waals surface area contributed by atoms with Crippen molar-refractivity contribution in [2.75, 3.05) is 13.1 Å². The molecule has 0 aliphatic heterocycles. The molecule has 6 heteroatoms. The van der Waals surface area contributed by atoms with Gasteiger partial charge in [0.2, 0.25) is 5.91 Å². The van der Waals surface area contributed by atoms with Crippen LogP contribution in [-0.4, -0.2) is 34.7 Å². The number of rotatable bonds is 5. The molecule has 0 bridgehead atoms. The molecule has 0 spiro atoms. The number of aromatic nitrogens is 2. The topological polar surface area (TPSA) is 76.0 Å². The monoisotopic (exact) mass is 292 g/mol. The lowest BCUT2D eigenvalue weighted by molar-refractivity contribution is -0.125. The van der Waals surface area contributed by atoms with Crippen molar-refractivity contribution >= 4 is 11.8 Å². The van der Waals surface area contributed by atoms with Crippen LogP contribution in [0, 0.1) is 12.8 Å². The van der Waals surface area contributed by atoms with Crippen LogP contribution in [0.3, 0.4) is 0 Å². The Hall–Kier alpha value is -1.85. The summed E-state index contributed by atoms with van der Waals surface area (Å²) in [6, 6.07) is 1.75. The van der Waals surface area contributed by atoms with E-state index in [9.17, 15) is 9.59 Å². The van der Waals surface area contributed by atoms with Crippen molar-refractivity contribution in [2.45, 2.75) is 39.0 Å². The molecule has 0 unspecified atom stereocenters. The number of amides is 2. The third-order valence-electron chi connectivity index (χ3n) is 4.03. The van der Waals surface area contributed by atoms with Gasteiger partial charge in [0.15, 0.2) is 0 Å². The fraction of sp³-hybridized carbons (Fsp3) is 0.667. The fourth-order valence-electron chi connectivity index (χ4n) is 2.63. The first-order valence-electron chi connectivity index (χ1n) is 7.64. The Bertz CT molecular complexity index is 484. The Morgan fingerprint density at radius 1 is 1.24 bits per heavy atom. The highest BCUT2D eigenvalue weighted by Crippen LogP contribution is 2.23. The highest BCUT2D eigenvalue weighted by atomic mass is 16.2. The van der Waals surface area contributed by atoms with Gasteiger partial charge in [0.1, 0.15) is 5.69 Å². The van der Waals surface area contributed by atoms with Gasteiger partial charge in [0.05, 0.1) is 0 Å². The molecule has 1 heterocycles. The Morgan fingerprint density at radius 3 is 2.52 bits per heavy atom. The minimum absolute atomic E-state index is 0.123. The minimum atomic E-state index is -0.203. The fourth-order valence-corrected chi connectivity index (χ4v) is 2.63. The number of nitrogens with one attached hydrogen (secondary N) is 2. The van der Waals surface area contributed by atoms with E-state index in [2.05, 4.69) is 15.7 Å². The van der Waals surface area contributed by atoms with Crippen LogP contribution in [0.4, 0.5) is 0 Å². The molecule has 1 saturated carbocycles. The molecule has 116 valence electrons. The molecule has 2 N–H and O–H groups in total. The molecule has 1 aliphatic rings. The zero-order valence-electron chi connectivity index (χ0n) is 12.8. The minimum Gasteiger partial charge on any atom is -0.354 e. The van der Waals surface area contributed by atoms with E-state index in [0.29, 0.717) is 18.8 Å². The van der Waals surface area contributed by atoms with Gasteiger partial charge in [-0.2, -0.15) is 5.10 Å². The smallest absolute Gasteiger partial charge is 0.271 e. The summed E-state index contributed by atoms with van der Waals surface area (Å²) in [7, 11) is 1.80. The van der Waals surface area contributed by atoms with E-state index in [1.165, 1.54) is 6.42 Å². The molecule has 1 aliphatic carbocycles. The lowest BCUT2D eigenvalue weighted by atomic mass is 9.89. The third kappa shape index (κ3) is 4.31. The molecule has 1 aromatic heterocycles. The van der Waals surface area contributed by atoms with Crippen LogP contribution in [0.15, 0.2) is 6.07 Å². The predicted molar refractivity (Wildman–Crippen MR) is 79.9 cm³/mol. The quantitative estimate of drug-likeness (QED) is 0.799. The first kappa shape index (κ1) is 15.5. The second kappa shape index (κ2) is 7.24. The van der Waals surface area contributed by atoms with Gasteiger partial charge in [-0.3, -0.25) is 14.3 Å². The highest BCUT2D eigenvalue weighted by Gasteiger charge is 2.20. The Morgan fingerprint density at radius 2 is 1.90 bits per heavy atom. The van der Waals surface area contributed by atoms with Crippen molar-refractivity contribution in [3.63, 3.8) is 0 Å². The Labute approximate surface area is 125 Å². The summed E-state index contributed by atoms with van der Waals surface area (Å²) in [5.74, 6) is 0.0798. The summed E-state index contributed by atoms with van der Waals surface area (Å²) in [4.78, 5) is 23.8. The SMILES string of the molecule is Cc1cc(C(=O)NCCNC(=O)C2CCCCC2)nn1C. The average molecular weight is 292 g/mol. The van der Waals surface area contributed by atoms with E-state index >= 15 is 0 Å². The van der Waals surface area contributed by atoms with E-state index < -0.39 is 0 Å². The normalized spacial score (nSPS) is 15.7. The molecule has 6 nitrogen and oxygen atoms in total. The maximum Gasteiger partial charge on any atom is 0.271 e. The van der Waals surface area contributed by atoms with Crippen molar-refractivity contribution < 1.29 is 9.59 Å². The summed E-state index contributed by atoms with van der Waals surface area (Å²) in [5, 5.41) is 9.78. The van der Waals surface area contributed by atoms with E-state index in [-0.39, 0.29) is 17.7 Å². The van der Waals surface area contributed by atoms with Crippen LogP contribution in [0.25, 0.3) is 0 Å². The van der Waals surface area contributed by atoms with Crippen molar-refractivity contribution in [2.24, 2.45) is 13.0 Å². The van der Waals surface area contributed by atoms with Crippen LogP contribution in [0.2, 0.25) is 0 Å². The van der Waals surface area contributed by atoms with Gasteiger partial charge >= 0.3 is 0 Å². The summed E-state index contributed by atoms with van der Waals surface area (Å²) >= 11 is 0. The van der Waals surface area contributed by atoms with Crippen molar-refractivity contribution in [3.8, 4) is 0 Å². The van der Waals surface area contributed by atoms with Gasteiger partial charge in [-0.25, -0.2) is 0 Å². The van der Waals surface area contributed by atoms with E-state index in [1.54, 1.807) is 17.8 Å². The van der Waals surface area contributed by atoms with Gasteiger partial charge < -0.3 is 10.6 Å². The number of hydrogen-bond donors (Lipinski definition) is 2. The first-order chi connectivity index (χ1) is 10.1. The molecule has 0 atom stereocenters. The Balaban J connectivity index is 1.67. The molecule has 0 radical (unpaired) electrons. The van der Waals surface area contributed by atoms with Crippen molar-refractivity contribution in [1.82, 2.24) is 20.4 Å². The van der Waals surface area contributed by atoms with E-state index in [0.717, 1.165) is 31.4 Å². The van der Waals surface area contributed by atoms with Gasteiger partial charge in [-0.05, 0) is 25.8 Å². The molecule has 0 aromatic carbocycles. The molecule has 1 fully saturated rings. The predicted octanol–water partition coefficient (Wildman–Crippen LogP) is 1.15. The summed E-state index contributed by atoms with van der Waals surface area (Å²) in [6.07, 6.45) is 5.52. The first-order valence-corrected chi connectivity index (χ1v) is 7.64. The van der Waals surface area contributed by atoms with E-state index in [1.807, 2.05) is 6.92 Å². The second-order valence-electron chi connectivity index (χ2n) is 5.68. The molecule has 2 rings (SSSR count). The Kier molecular flexibility index (Phi) is 5.36. The van der Waals surface area contributed by atoms with Crippen LogP contribution in [0.1, 0.15) is 48.3 Å². The van der Waals surface area contributed by atoms with Gasteiger partial charge in [-0.1, -0.05) is 19.3 Å². The standard InChI is InChI=1S/C15H24N4O2/c1-11-10-13(18-19(11)2)15(21)17-9-8-16-14(20)12-6-4-3-5-7-12/h10,12H,3-9H2,1-2H3,(H,16,20)(H,17,21). The second-order valence-corrected chi connectivity index (χ2v) is 5.68. The lowest BCUT2D eigenvalue weighted by Gasteiger charge is -2.20. The lowest BCUT2D eigenvalue weighted by Crippen LogP contribution is -2.38. The number of carbonyl (C=O) groups excluding carboxylic acids is 2. The summed E-state index contributed by atoms with van der Waals surface area (Å²) < 4.78 is 1.67. The molecular weight excluding hydrogens is 268 g/mol. The summed E-state index contributed by atoms with van der Waals surface area (Å²) in [5.41, 5.74) is 1.35. The van der Waals surface area contributed by atoms with Crippen molar-refractivity contribution in [1.29, 1.82) is 0 Å². The molecule has 21 heavy (non-hydrogen) atoms. The number of nitrogens with zero attached hydrogens (tertiary/aromatic N) is 2. The van der Waals surface area contributed by atoms with E-state index in [4.69, 9.17) is 0 Å². The van der Waals surface area contributed by atoms with Gasteiger partial charge in [0.25, 0.3) is 5.91 Å². The van der Waals surface area contributed by atoms with Crippen molar-refractivity contribution in [3.05, 3.63) is 17.5 Å². The maximum absolute atomic E-state index is 11.9. The molecule has 2 amide bonds. The zero-order valence-corrected chi connectivity index (χ0v) is 12.8. The number of carbonyl (C=O) groups is 2. The highest BCUT2D eigenvalue weighted by molar-refractivity contribution is 5.92. The number of aryl methyl sites for hydroxylation is 2. The molecule has 1 aromatic rings. The molecule has 0 saturated heterocycles. The largest absolute Gasteiger partial charge is 0.354 e. The van der Waals surface area contributed by atoms with Crippen LogP contribution < -0.4 is 10.6 Å². The van der Waals surface area contributed by atoms with Crippen LogP contribution in [-0.2, 0) is 11.8 Å². The number of hydrogen-bond acceptors (Lipinski definition) is 3. The molecular formula is C15H24N4O2. The van der Waals surface area contributed by atoms with Gasteiger partial charge in [0, 0.05) is 31.7 Å². The zero-order chi connectivity index (χ0) is 15.2. The average Bonchev–Trinajstić information content (AvgIpc) is 2.84. The van der Waals surface area contributed by atoms with Crippen LogP contribution in [0.5, 0.6) is 0 Å².